The second-order valence-electron chi connectivity index (χ2n) is 3.47. The molecule has 0 aromatic carbocycles. The molecule has 0 saturated heterocycles. The summed E-state index contributed by atoms with van der Waals surface area (Å²) in [7, 11) is 1.37. The molecule has 4 nitrogen and oxygen atoms in total. The summed E-state index contributed by atoms with van der Waals surface area (Å²) in [4.78, 5) is 3.77. The SMILES string of the molecule is Cn1nc(C(F)(F)F)c(-c2cccnc2)c1N. The number of pyridine rings is 1. The summed E-state index contributed by atoms with van der Waals surface area (Å²) in [5, 5.41) is 3.40. The maximum atomic E-state index is 12.8. The number of alkyl halides is 3. The van der Waals surface area contributed by atoms with E-state index >= 15 is 0 Å². The molecular weight excluding hydrogens is 233 g/mol. The zero-order valence-corrected chi connectivity index (χ0v) is 8.86. The summed E-state index contributed by atoms with van der Waals surface area (Å²) in [5.41, 5.74) is 4.78. The number of nitrogens with two attached hydrogens (primary N) is 1. The van der Waals surface area contributed by atoms with Crippen LogP contribution in [0, 0.1) is 0 Å². The summed E-state index contributed by atoms with van der Waals surface area (Å²) < 4.78 is 39.3. The molecule has 0 atom stereocenters. The van der Waals surface area contributed by atoms with Gasteiger partial charge in [0.2, 0.25) is 0 Å². The van der Waals surface area contributed by atoms with E-state index in [-0.39, 0.29) is 11.4 Å². The third kappa shape index (κ3) is 1.95. The van der Waals surface area contributed by atoms with Crippen molar-refractivity contribution in [3.05, 3.63) is 30.2 Å². The Balaban J connectivity index is 2.69. The average molecular weight is 242 g/mol. The zero-order chi connectivity index (χ0) is 12.6. The lowest BCUT2D eigenvalue weighted by atomic mass is 10.1. The summed E-state index contributed by atoms with van der Waals surface area (Å²) in [6.45, 7) is 0. The first-order valence-corrected chi connectivity index (χ1v) is 4.71. The molecular formula is C10H9F3N4. The molecule has 0 aliphatic rings. The fraction of sp³-hybridized carbons (Fsp3) is 0.200. The van der Waals surface area contributed by atoms with Crippen molar-refractivity contribution in [1.29, 1.82) is 0 Å². The van der Waals surface area contributed by atoms with Crippen LogP contribution in [0.15, 0.2) is 24.5 Å². The van der Waals surface area contributed by atoms with Crippen molar-refractivity contribution in [2.75, 3.05) is 5.73 Å². The van der Waals surface area contributed by atoms with E-state index in [1.165, 1.54) is 25.5 Å². The highest BCUT2D eigenvalue weighted by molar-refractivity contribution is 5.76. The number of nitrogens with zero attached hydrogens (tertiary/aromatic N) is 3. The summed E-state index contributed by atoms with van der Waals surface area (Å²) >= 11 is 0. The molecule has 2 rings (SSSR count). The van der Waals surface area contributed by atoms with Gasteiger partial charge in [0, 0.05) is 25.0 Å². The quantitative estimate of drug-likeness (QED) is 0.832. The Morgan fingerprint density at radius 1 is 1.35 bits per heavy atom. The van der Waals surface area contributed by atoms with Crippen molar-refractivity contribution < 1.29 is 13.2 Å². The minimum Gasteiger partial charge on any atom is -0.383 e. The van der Waals surface area contributed by atoms with Gasteiger partial charge >= 0.3 is 6.18 Å². The molecule has 2 aromatic rings. The minimum absolute atomic E-state index is 0.0367. The molecule has 0 fully saturated rings. The maximum absolute atomic E-state index is 12.8. The lowest BCUT2D eigenvalue weighted by Gasteiger charge is -2.06. The highest BCUT2D eigenvalue weighted by Crippen LogP contribution is 2.38. The second-order valence-corrected chi connectivity index (χ2v) is 3.47. The van der Waals surface area contributed by atoms with E-state index in [0.29, 0.717) is 5.56 Å². The number of hydrogen-bond donors (Lipinski definition) is 1. The van der Waals surface area contributed by atoms with Gasteiger partial charge < -0.3 is 5.73 Å². The fourth-order valence-electron chi connectivity index (χ4n) is 1.53. The molecule has 0 radical (unpaired) electrons. The maximum Gasteiger partial charge on any atom is 0.435 e. The molecule has 17 heavy (non-hydrogen) atoms. The fourth-order valence-corrected chi connectivity index (χ4v) is 1.53. The standard InChI is InChI=1S/C10H9F3N4/c1-17-9(14)7(6-3-2-4-15-5-6)8(16-17)10(11,12)13/h2-5H,14H2,1H3. The van der Waals surface area contributed by atoms with E-state index in [2.05, 4.69) is 10.1 Å². The third-order valence-corrected chi connectivity index (χ3v) is 2.31. The van der Waals surface area contributed by atoms with Gasteiger partial charge in [-0.1, -0.05) is 6.07 Å². The smallest absolute Gasteiger partial charge is 0.383 e. The Morgan fingerprint density at radius 3 is 2.59 bits per heavy atom. The van der Waals surface area contributed by atoms with Crippen molar-refractivity contribution >= 4 is 5.82 Å². The predicted molar refractivity (Wildman–Crippen MR) is 55.9 cm³/mol. The van der Waals surface area contributed by atoms with Crippen LogP contribution in [0.5, 0.6) is 0 Å². The van der Waals surface area contributed by atoms with Crippen molar-refractivity contribution in [2.24, 2.45) is 7.05 Å². The summed E-state index contributed by atoms with van der Waals surface area (Å²) in [6.07, 6.45) is -1.74. The molecule has 2 aromatic heterocycles. The van der Waals surface area contributed by atoms with Crippen LogP contribution in [-0.4, -0.2) is 14.8 Å². The summed E-state index contributed by atoms with van der Waals surface area (Å²) in [6, 6.07) is 3.05. The second kappa shape index (κ2) is 3.76. The number of nitrogen functional groups attached to an aromatic ring is 1. The van der Waals surface area contributed by atoms with Gasteiger partial charge in [-0.2, -0.15) is 18.3 Å². The normalized spacial score (nSPS) is 11.8. The first-order chi connectivity index (χ1) is 7.91. The topological polar surface area (TPSA) is 56.7 Å². The van der Waals surface area contributed by atoms with Gasteiger partial charge in [0.25, 0.3) is 0 Å². The van der Waals surface area contributed by atoms with Crippen LogP contribution in [-0.2, 0) is 13.2 Å². The third-order valence-electron chi connectivity index (χ3n) is 2.31. The molecule has 0 bridgehead atoms. The lowest BCUT2D eigenvalue weighted by Crippen LogP contribution is -2.08. The molecule has 2 N–H and O–H groups in total. The number of hydrogen-bond acceptors (Lipinski definition) is 3. The molecule has 0 saturated carbocycles. The number of anilines is 1. The van der Waals surface area contributed by atoms with Gasteiger partial charge in [0.1, 0.15) is 5.82 Å². The first kappa shape index (κ1) is 11.4. The highest BCUT2D eigenvalue weighted by Gasteiger charge is 2.38. The zero-order valence-electron chi connectivity index (χ0n) is 8.86. The van der Waals surface area contributed by atoms with E-state index in [1.54, 1.807) is 6.07 Å². The van der Waals surface area contributed by atoms with Crippen LogP contribution in [0.4, 0.5) is 19.0 Å². The first-order valence-electron chi connectivity index (χ1n) is 4.71. The number of rotatable bonds is 1. The largest absolute Gasteiger partial charge is 0.435 e. The van der Waals surface area contributed by atoms with E-state index < -0.39 is 11.9 Å². The van der Waals surface area contributed by atoms with Crippen molar-refractivity contribution in [3.63, 3.8) is 0 Å². The molecule has 0 aliphatic heterocycles. The molecule has 0 amide bonds. The van der Waals surface area contributed by atoms with Crippen LogP contribution in [0.3, 0.4) is 0 Å². The van der Waals surface area contributed by atoms with Gasteiger partial charge in [0.05, 0.1) is 5.56 Å². The van der Waals surface area contributed by atoms with Crippen LogP contribution in [0.1, 0.15) is 5.69 Å². The van der Waals surface area contributed by atoms with Gasteiger partial charge in [-0.05, 0) is 6.07 Å². The Labute approximate surface area is 94.9 Å². The molecule has 0 aliphatic carbocycles. The van der Waals surface area contributed by atoms with E-state index in [0.717, 1.165) is 4.68 Å². The number of halogens is 3. The van der Waals surface area contributed by atoms with Gasteiger partial charge in [-0.15, -0.1) is 0 Å². The molecule has 2 heterocycles. The number of aryl methyl sites for hydroxylation is 1. The molecule has 0 spiro atoms. The molecule has 7 heteroatoms. The predicted octanol–water partition coefficient (Wildman–Crippen LogP) is 2.08. The Morgan fingerprint density at radius 2 is 2.06 bits per heavy atom. The van der Waals surface area contributed by atoms with E-state index in [1.807, 2.05) is 0 Å². The average Bonchev–Trinajstić information content (AvgIpc) is 2.57. The Bertz CT molecular complexity index is 530. The number of aromatic nitrogens is 3. The van der Waals surface area contributed by atoms with Crippen molar-refractivity contribution in [3.8, 4) is 11.1 Å². The van der Waals surface area contributed by atoms with E-state index in [9.17, 15) is 13.2 Å². The van der Waals surface area contributed by atoms with Crippen LogP contribution in [0.25, 0.3) is 11.1 Å². The van der Waals surface area contributed by atoms with Gasteiger partial charge in [-0.25, -0.2) is 0 Å². The highest BCUT2D eigenvalue weighted by atomic mass is 19.4. The van der Waals surface area contributed by atoms with Crippen LogP contribution in [0.2, 0.25) is 0 Å². The minimum atomic E-state index is -4.54. The van der Waals surface area contributed by atoms with Crippen molar-refractivity contribution in [2.45, 2.75) is 6.18 Å². The molecule has 90 valence electrons. The van der Waals surface area contributed by atoms with Gasteiger partial charge in [0.15, 0.2) is 5.69 Å². The Hall–Kier alpha value is -2.05. The lowest BCUT2D eigenvalue weighted by molar-refractivity contribution is -0.140. The van der Waals surface area contributed by atoms with Crippen LogP contribution >= 0.6 is 0 Å². The van der Waals surface area contributed by atoms with E-state index in [4.69, 9.17) is 5.73 Å². The summed E-state index contributed by atoms with van der Waals surface area (Å²) in [5.74, 6) is -0.0367. The monoisotopic (exact) mass is 242 g/mol. The molecule has 0 unspecified atom stereocenters. The van der Waals surface area contributed by atoms with Crippen LogP contribution < -0.4 is 5.73 Å². The van der Waals surface area contributed by atoms with Crippen molar-refractivity contribution in [1.82, 2.24) is 14.8 Å². The Kier molecular flexibility index (Phi) is 2.53. The van der Waals surface area contributed by atoms with Gasteiger partial charge in [-0.3, -0.25) is 9.67 Å².